The summed E-state index contributed by atoms with van der Waals surface area (Å²) in [7, 11) is 1.32. The molecule has 0 unspecified atom stereocenters. The maximum Gasteiger partial charge on any atom is 0.357 e. The van der Waals surface area contributed by atoms with Crippen LogP contribution in [-0.4, -0.2) is 24.7 Å². The van der Waals surface area contributed by atoms with E-state index < -0.39 is 23.7 Å². The van der Waals surface area contributed by atoms with Crippen molar-refractivity contribution in [1.82, 2.24) is 4.98 Å². The van der Waals surface area contributed by atoms with Gasteiger partial charge in [-0.3, -0.25) is 0 Å². The molecule has 1 heterocycles. The first-order valence-electron chi connectivity index (χ1n) is 5.28. The SMILES string of the molecule is CCOC(=O)c1nc(OC)cc(CN)c1C(F)F. The van der Waals surface area contributed by atoms with Gasteiger partial charge in [0.15, 0.2) is 5.69 Å². The van der Waals surface area contributed by atoms with Crippen LogP contribution in [0.5, 0.6) is 5.88 Å². The highest BCUT2D eigenvalue weighted by molar-refractivity contribution is 5.89. The Bertz CT molecular complexity index is 439. The number of aromatic nitrogens is 1. The molecule has 5 nitrogen and oxygen atoms in total. The van der Waals surface area contributed by atoms with Crippen LogP contribution in [0.1, 0.15) is 35.0 Å². The summed E-state index contributed by atoms with van der Waals surface area (Å²) in [5.74, 6) is -0.871. The molecule has 0 saturated heterocycles. The lowest BCUT2D eigenvalue weighted by atomic mass is 10.1. The first-order valence-corrected chi connectivity index (χ1v) is 5.28. The first kappa shape index (κ1) is 14.3. The van der Waals surface area contributed by atoms with Gasteiger partial charge in [0, 0.05) is 12.6 Å². The monoisotopic (exact) mass is 260 g/mol. The van der Waals surface area contributed by atoms with Crippen LogP contribution < -0.4 is 10.5 Å². The number of alkyl halides is 2. The van der Waals surface area contributed by atoms with Gasteiger partial charge in [-0.1, -0.05) is 0 Å². The third-order valence-corrected chi connectivity index (χ3v) is 2.24. The van der Waals surface area contributed by atoms with Gasteiger partial charge in [-0.2, -0.15) is 0 Å². The summed E-state index contributed by atoms with van der Waals surface area (Å²) in [4.78, 5) is 15.3. The van der Waals surface area contributed by atoms with Crippen LogP contribution in [0, 0.1) is 0 Å². The zero-order valence-electron chi connectivity index (χ0n) is 10.1. The Labute approximate surface area is 103 Å². The predicted octanol–water partition coefficient (Wildman–Crippen LogP) is 1.66. The highest BCUT2D eigenvalue weighted by atomic mass is 19.3. The van der Waals surface area contributed by atoms with Gasteiger partial charge < -0.3 is 15.2 Å². The van der Waals surface area contributed by atoms with E-state index in [-0.39, 0.29) is 24.6 Å². The first-order chi connectivity index (χ1) is 8.54. The summed E-state index contributed by atoms with van der Waals surface area (Å²) in [5.41, 5.74) is 4.54. The van der Waals surface area contributed by atoms with Crippen molar-refractivity contribution in [3.05, 3.63) is 22.9 Å². The number of pyridine rings is 1. The molecule has 1 aromatic heterocycles. The third-order valence-electron chi connectivity index (χ3n) is 2.24. The molecule has 18 heavy (non-hydrogen) atoms. The van der Waals surface area contributed by atoms with Crippen LogP contribution in [0.15, 0.2) is 6.07 Å². The Balaban J connectivity index is 3.39. The van der Waals surface area contributed by atoms with Crippen LogP contribution in [0.25, 0.3) is 0 Å². The van der Waals surface area contributed by atoms with Crippen LogP contribution in [0.2, 0.25) is 0 Å². The minimum absolute atomic E-state index is 0.0444. The minimum Gasteiger partial charge on any atom is -0.481 e. The van der Waals surface area contributed by atoms with E-state index in [4.69, 9.17) is 10.5 Å². The smallest absolute Gasteiger partial charge is 0.357 e. The highest BCUT2D eigenvalue weighted by Gasteiger charge is 2.25. The van der Waals surface area contributed by atoms with Crippen molar-refractivity contribution in [2.24, 2.45) is 5.73 Å². The third kappa shape index (κ3) is 2.92. The van der Waals surface area contributed by atoms with Crippen LogP contribution in [0.4, 0.5) is 8.78 Å². The Kier molecular flexibility index (Phi) is 4.96. The molecule has 0 aliphatic rings. The molecule has 0 spiro atoms. The molecular formula is C11H14F2N2O3. The summed E-state index contributed by atoms with van der Waals surface area (Å²) in [5, 5.41) is 0. The van der Waals surface area contributed by atoms with E-state index in [0.29, 0.717) is 0 Å². The van der Waals surface area contributed by atoms with Crippen molar-refractivity contribution >= 4 is 5.97 Å². The molecule has 0 saturated carbocycles. The van der Waals surface area contributed by atoms with Gasteiger partial charge in [0.2, 0.25) is 5.88 Å². The van der Waals surface area contributed by atoms with Gasteiger partial charge in [0.05, 0.1) is 19.3 Å². The molecule has 100 valence electrons. The summed E-state index contributed by atoms with van der Waals surface area (Å²) < 4.78 is 35.5. The lowest BCUT2D eigenvalue weighted by Gasteiger charge is -2.13. The van der Waals surface area contributed by atoms with Crippen molar-refractivity contribution in [2.45, 2.75) is 19.9 Å². The number of hydrogen-bond donors (Lipinski definition) is 1. The molecule has 0 bridgehead atoms. The summed E-state index contributed by atoms with van der Waals surface area (Å²) in [6, 6.07) is 1.28. The van der Waals surface area contributed by atoms with Gasteiger partial charge in [0.25, 0.3) is 6.43 Å². The lowest BCUT2D eigenvalue weighted by molar-refractivity contribution is 0.0506. The number of ether oxygens (including phenoxy) is 2. The predicted molar refractivity (Wildman–Crippen MR) is 59.6 cm³/mol. The van der Waals surface area contributed by atoms with Crippen molar-refractivity contribution in [3.63, 3.8) is 0 Å². The molecule has 7 heteroatoms. The fourth-order valence-electron chi connectivity index (χ4n) is 1.45. The molecule has 0 atom stereocenters. The number of carbonyl (C=O) groups is 1. The molecule has 0 fully saturated rings. The average Bonchev–Trinajstić information content (AvgIpc) is 2.36. The van der Waals surface area contributed by atoms with E-state index in [0.717, 1.165) is 0 Å². The lowest BCUT2D eigenvalue weighted by Crippen LogP contribution is -2.15. The van der Waals surface area contributed by atoms with E-state index in [1.807, 2.05) is 0 Å². The number of halogens is 2. The Morgan fingerprint density at radius 1 is 1.56 bits per heavy atom. The van der Waals surface area contributed by atoms with Gasteiger partial charge in [-0.15, -0.1) is 0 Å². The summed E-state index contributed by atoms with van der Waals surface area (Å²) in [6.45, 7) is 1.49. The fraction of sp³-hybridized carbons (Fsp3) is 0.455. The summed E-state index contributed by atoms with van der Waals surface area (Å²) >= 11 is 0. The molecule has 0 aliphatic heterocycles. The average molecular weight is 260 g/mol. The second kappa shape index (κ2) is 6.25. The standard InChI is InChI=1S/C11H14F2N2O3/c1-3-18-11(16)9-8(10(12)13)6(5-14)4-7(15-9)17-2/h4,10H,3,5,14H2,1-2H3. The normalized spacial score (nSPS) is 10.6. The van der Waals surface area contributed by atoms with E-state index in [9.17, 15) is 13.6 Å². The number of esters is 1. The van der Waals surface area contributed by atoms with Gasteiger partial charge >= 0.3 is 5.97 Å². The molecule has 1 rings (SSSR count). The maximum absolute atomic E-state index is 13.0. The quantitative estimate of drug-likeness (QED) is 0.815. The molecule has 0 aromatic carbocycles. The number of nitrogens with two attached hydrogens (primary N) is 1. The van der Waals surface area contributed by atoms with Crippen molar-refractivity contribution in [2.75, 3.05) is 13.7 Å². The van der Waals surface area contributed by atoms with Crippen molar-refractivity contribution in [3.8, 4) is 5.88 Å². The number of hydrogen-bond acceptors (Lipinski definition) is 5. The maximum atomic E-state index is 13.0. The number of nitrogens with zero attached hydrogens (tertiary/aromatic N) is 1. The van der Waals surface area contributed by atoms with Crippen LogP contribution >= 0.6 is 0 Å². The molecule has 0 amide bonds. The molecular weight excluding hydrogens is 246 g/mol. The zero-order chi connectivity index (χ0) is 13.7. The molecule has 2 N–H and O–H groups in total. The zero-order valence-corrected chi connectivity index (χ0v) is 10.1. The van der Waals surface area contributed by atoms with Crippen molar-refractivity contribution < 1.29 is 23.0 Å². The van der Waals surface area contributed by atoms with E-state index in [1.54, 1.807) is 6.92 Å². The van der Waals surface area contributed by atoms with Crippen LogP contribution in [-0.2, 0) is 11.3 Å². The molecule has 0 radical (unpaired) electrons. The van der Waals surface area contributed by atoms with Crippen molar-refractivity contribution in [1.29, 1.82) is 0 Å². The summed E-state index contributed by atoms with van der Waals surface area (Å²) in [6.07, 6.45) is -2.86. The minimum atomic E-state index is -2.86. The highest BCUT2D eigenvalue weighted by Crippen LogP contribution is 2.28. The fourth-order valence-corrected chi connectivity index (χ4v) is 1.45. The van der Waals surface area contributed by atoms with Gasteiger partial charge in [-0.25, -0.2) is 18.6 Å². The van der Waals surface area contributed by atoms with Gasteiger partial charge in [0.1, 0.15) is 0 Å². The Hall–Kier alpha value is -1.76. The van der Waals surface area contributed by atoms with Crippen LogP contribution in [0.3, 0.4) is 0 Å². The topological polar surface area (TPSA) is 74.4 Å². The van der Waals surface area contributed by atoms with E-state index in [2.05, 4.69) is 9.72 Å². The van der Waals surface area contributed by atoms with E-state index in [1.165, 1.54) is 13.2 Å². The second-order valence-corrected chi connectivity index (χ2v) is 3.31. The Morgan fingerprint density at radius 3 is 2.67 bits per heavy atom. The number of carbonyl (C=O) groups excluding carboxylic acids is 1. The van der Waals surface area contributed by atoms with E-state index >= 15 is 0 Å². The number of methoxy groups -OCH3 is 1. The van der Waals surface area contributed by atoms with Gasteiger partial charge in [-0.05, 0) is 12.5 Å². The largest absolute Gasteiger partial charge is 0.481 e. The Morgan fingerprint density at radius 2 is 2.22 bits per heavy atom. The number of rotatable bonds is 5. The molecule has 1 aromatic rings. The second-order valence-electron chi connectivity index (χ2n) is 3.31. The molecule has 0 aliphatic carbocycles.